The van der Waals surface area contributed by atoms with E-state index < -0.39 is 0 Å². The predicted octanol–water partition coefficient (Wildman–Crippen LogP) is 0.941. The number of nitrogens with zero attached hydrogens (tertiary/aromatic N) is 2. The summed E-state index contributed by atoms with van der Waals surface area (Å²) in [6.45, 7) is 0. The van der Waals surface area contributed by atoms with Gasteiger partial charge in [0.2, 0.25) is 0 Å². The van der Waals surface area contributed by atoms with Crippen LogP contribution in [0.3, 0.4) is 0 Å². The first kappa shape index (κ1) is 8.56. The Labute approximate surface area is 77.4 Å². The molecule has 0 bridgehead atoms. The monoisotopic (exact) mass is 181 g/mol. The van der Waals surface area contributed by atoms with Crippen molar-refractivity contribution in [3.05, 3.63) is 12.4 Å². The summed E-state index contributed by atoms with van der Waals surface area (Å²) in [4.78, 5) is 0. The summed E-state index contributed by atoms with van der Waals surface area (Å²) in [6.07, 6.45) is 7.23. The quantitative estimate of drug-likeness (QED) is 0.677. The number of rotatable bonds is 1. The van der Waals surface area contributed by atoms with Gasteiger partial charge < -0.3 is 10.8 Å². The van der Waals surface area contributed by atoms with Gasteiger partial charge in [0, 0.05) is 6.20 Å². The molecule has 2 atom stereocenters. The third-order valence-electron chi connectivity index (χ3n) is 2.61. The molecule has 4 nitrogen and oxygen atoms in total. The van der Waals surface area contributed by atoms with Gasteiger partial charge in [-0.1, -0.05) is 0 Å². The number of nitrogen functional groups attached to an aromatic ring is 1. The molecule has 1 aliphatic carbocycles. The van der Waals surface area contributed by atoms with Crippen molar-refractivity contribution in [2.24, 2.45) is 0 Å². The van der Waals surface area contributed by atoms with Crippen molar-refractivity contribution in [3.8, 4) is 0 Å². The molecule has 1 aliphatic rings. The van der Waals surface area contributed by atoms with E-state index in [0.29, 0.717) is 11.7 Å². The molecule has 0 amide bonds. The summed E-state index contributed by atoms with van der Waals surface area (Å²) in [5.74, 6) is 0. The van der Waals surface area contributed by atoms with Gasteiger partial charge >= 0.3 is 0 Å². The maximum atomic E-state index is 9.48. The number of aromatic nitrogens is 2. The molecule has 72 valence electrons. The van der Waals surface area contributed by atoms with Gasteiger partial charge in [-0.3, -0.25) is 4.68 Å². The second kappa shape index (κ2) is 3.38. The van der Waals surface area contributed by atoms with Crippen molar-refractivity contribution < 1.29 is 5.11 Å². The Hall–Kier alpha value is -1.03. The molecule has 1 aromatic rings. The minimum absolute atomic E-state index is 0.163. The van der Waals surface area contributed by atoms with Gasteiger partial charge in [-0.15, -0.1) is 0 Å². The lowest BCUT2D eigenvalue weighted by atomic mass is 9.93. The topological polar surface area (TPSA) is 64.1 Å². The molecule has 0 saturated heterocycles. The van der Waals surface area contributed by atoms with E-state index in [-0.39, 0.29) is 6.10 Å². The van der Waals surface area contributed by atoms with Gasteiger partial charge in [0.1, 0.15) is 0 Å². The minimum atomic E-state index is -0.163. The molecular formula is C9H15N3O. The second-order valence-electron chi connectivity index (χ2n) is 3.73. The smallest absolute Gasteiger partial charge is 0.0719 e. The maximum Gasteiger partial charge on any atom is 0.0719 e. The molecule has 1 saturated carbocycles. The number of nitrogens with two attached hydrogens (primary N) is 1. The van der Waals surface area contributed by atoms with E-state index in [9.17, 15) is 5.11 Å². The largest absolute Gasteiger partial charge is 0.396 e. The zero-order valence-corrected chi connectivity index (χ0v) is 7.56. The van der Waals surface area contributed by atoms with Crippen molar-refractivity contribution in [1.82, 2.24) is 9.78 Å². The van der Waals surface area contributed by atoms with Gasteiger partial charge in [-0.2, -0.15) is 5.10 Å². The van der Waals surface area contributed by atoms with Gasteiger partial charge in [0.05, 0.1) is 24.0 Å². The second-order valence-corrected chi connectivity index (χ2v) is 3.73. The van der Waals surface area contributed by atoms with Crippen LogP contribution in [0, 0.1) is 0 Å². The molecule has 0 spiro atoms. The normalized spacial score (nSPS) is 29.0. The number of anilines is 1. The minimum Gasteiger partial charge on any atom is -0.396 e. The van der Waals surface area contributed by atoms with Gasteiger partial charge in [0.25, 0.3) is 0 Å². The average Bonchev–Trinajstić information content (AvgIpc) is 2.52. The highest BCUT2D eigenvalue weighted by Gasteiger charge is 2.21. The third kappa shape index (κ3) is 1.83. The van der Waals surface area contributed by atoms with Crippen LogP contribution in [-0.4, -0.2) is 21.0 Å². The zero-order valence-electron chi connectivity index (χ0n) is 7.56. The SMILES string of the molecule is Nc1cnn([C@@H]2CCC[C@@H](O)C2)c1. The molecule has 4 heteroatoms. The van der Waals surface area contributed by atoms with Crippen molar-refractivity contribution in [1.29, 1.82) is 0 Å². The highest BCUT2D eigenvalue weighted by atomic mass is 16.3. The first-order valence-corrected chi connectivity index (χ1v) is 4.73. The van der Waals surface area contributed by atoms with E-state index in [2.05, 4.69) is 5.10 Å². The molecule has 0 unspecified atom stereocenters. The molecule has 0 radical (unpaired) electrons. The molecule has 1 heterocycles. The summed E-state index contributed by atoms with van der Waals surface area (Å²) >= 11 is 0. The molecule has 3 N–H and O–H groups in total. The van der Waals surface area contributed by atoms with E-state index in [4.69, 9.17) is 5.73 Å². The van der Waals surface area contributed by atoms with Crippen molar-refractivity contribution in [2.45, 2.75) is 37.8 Å². The van der Waals surface area contributed by atoms with E-state index in [1.165, 1.54) is 0 Å². The average molecular weight is 181 g/mol. The summed E-state index contributed by atoms with van der Waals surface area (Å²) in [6, 6.07) is 0.334. The number of aliphatic hydroxyl groups excluding tert-OH is 1. The first-order valence-electron chi connectivity index (χ1n) is 4.73. The predicted molar refractivity (Wildman–Crippen MR) is 50.2 cm³/mol. The van der Waals surface area contributed by atoms with Crippen molar-refractivity contribution in [2.75, 3.05) is 5.73 Å². The van der Waals surface area contributed by atoms with Gasteiger partial charge in [-0.25, -0.2) is 0 Å². The Morgan fingerprint density at radius 2 is 2.38 bits per heavy atom. The Morgan fingerprint density at radius 3 is 3.00 bits per heavy atom. The number of aliphatic hydroxyl groups is 1. The van der Waals surface area contributed by atoms with E-state index in [0.717, 1.165) is 25.7 Å². The van der Waals surface area contributed by atoms with Crippen LogP contribution in [0.15, 0.2) is 12.4 Å². The maximum absolute atomic E-state index is 9.48. The van der Waals surface area contributed by atoms with Crippen LogP contribution >= 0.6 is 0 Å². The Balaban J connectivity index is 2.08. The Kier molecular flexibility index (Phi) is 2.22. The Bertz CT molecular complexity index is 284. The van der Waals surface area contributed by atoms with Crippen LogP contribution in [0.2, 0.25) is 0 Å². The lowest BCUT2D eigenvalue weighted by molar-refractivity contribution is 0.100. The molecular weight excluding hydrogens is 166 g/mol. The fourth-order valence-electron chi connectivity index (χ4n) is 1.93. The van der Waals surface area contributed by atoms with Crippen molar-refractivity contribution in [3.63, 3.8) is 0 Å². The lowest BCUT2D eigenvalue weighted by Crippen LogP contribution is -2.22. The molecule has 1 fully saturated rings. The van der Waals surface area contributed by atoms with Crippen LogP contribution in [-0.2, 0) is 0 Å². The van der Waals surface area contributed by atoms with Gasteiger partial charge in [0.15, 0.2) is 0 Å². The highest BCUT2D eigenvalue weighted by molar-refractivity contribution is 5.30. The van der Waals surface area contributed by atoms with Crippen LogP contribution in [0.4, 0.5) is 5.69 Å². The highest BCUT2D eigenvalue weighted by Crippen LogP contribution is 2.28. The molecule has 1 aromatic heterocycles. The molecule has 13 heavy (non-hydrogen) atoms. The molecule has 0 aliphatic heterocycles. The summed E-state index contributed by atoms with van der Waals surface area (Å²) in [5, 5.41) is 13.6. The molecule has 2 rings (SSSR count). The van der Waals surface area contributed by atoms with Crippen molar-refractivity contribution >= 4 is 5.69 Å². The first-order chi connectivity index (χ1) is 6.25. The number of hydrogen-bond donors (Lipinski definition) is 2. The van der Waals surface area contributed by atoms with Crippen LogP contribution < -0.4 is 5.73 Å². The molecule has 0 aromatic carbocycles. The summed E-state index contributed by atoms with van der Waals surface area (Å²) in [5.41, 5.74) is 6.27. The van der Waals surface area contributed by atoms with Crippen LogP contribution in [0.1, 0.15) is 31.7 Å². The lowest BCUT2D eigenvalue weighted by Gasteiger charge is -2.25. The summed E-state index contributed by atoms with van der Waals surface area (Å²) in [7, 11) is 0. The van der Waals surface area contributed by atoms with E-state index in [1.807, 2.05) is 10.9 Å². The fourth-order valence-corrected chi connectivity index (χ4v) is 1.93. The van der Waals surface area contributed by atoms with Gasteiger partial charge in [-0.05, 0) is 25.7 Å². The standard InChI is InChI=1S/C9H15N3O/c10-7-5-11-12(6-7)8-2-1-3-9(13)4-8/h5-6,8-9,13H,1-4,10H2/t8-,9-/m1/s1. The zero-order chi connectivity index (χ0) is 9.26. The van der Waals surface area contributed by atoms with E-state index in [1.54, 1.807) is 6.20 Å². The van der Waals surface area contributed by atoms with Crippen LogP contribution in [0.5, 0.6) is 0 Å². The van der Waals surface area contributed by atoms with Crippen LogP contribution in [0.25, 0.3) is 0 Å². The number of hydrogen-bond acceptors (Lipinski definition) is 3. The fraction of sp³-hybridized carbons (Fsp3) is 0.667. The summed E-state index contributed by atoms with van der Waals surface area (Å²) < 4.78 is 1.87. The van der Waals surface area contributed by atoms with E-state index >= 15 is 0 Å². The third-order valence-corrected chi connectivity index (χ3v) is 2.61. The Morgan fingerprint density at radius 1 is 1.54 bits per heavy atom.